The van der Waals surface area contributed by atoms with Crippen LogP contribution in [0.5, 0.6) is 0 Å². The third kappa shape index (κ3) is 43.3. The standard InChI is InChI=1S/C48H84NO9P/c1-6-8-10-12-14-15-16-17-18-19-20-21-22-23-27-31-35-39-47(51)55-43-46(44-57-59(53,54)56-42-41-49(3,4)5)58-48(52)40-36-32-28-25-24-26-30-34-38-45(50)37-33-29-13-11-9-7-2/h9,11,17-18,25-26,28-30,33-34,38,45-46,50H,6-8,10,12-16,19-24,27,31-32,35-37,39-44H2,1-5H3/b11-9-,18-17-,28-25-,30-26-,33-29-,38-34+/t45?,46-/m1/s1. The summed E-state index contributed by atoms with van der Waals surface area (Å²) < 4.78 is 33.8. The van der Waals surface area contributed by atoms with E-state index in [1.54, 1.807) is 6.08 Å². The predicted molar refractivity (Wildman–Crippen MR) is 242 cm³/mol. The first-order valence-corrected chi connectivity index (χ1v) is 24.2. The first-order valence-electron chi connectivity index (χ1n) is 22.8. The summed E-state index contributed by atoms with van der Waals surface area (Å²) in [5.74, 6) is -0.952. The molecule has 0 aliphatic rings. The molecular formula is C48H84NO9P. The summed E-state index contributed by atoms with van der Waals surface area (Å²) in [6.45, 7) is 3.93. The van der Waals surface area contributed by atoms with Crippen LogP contribution in [0.1, 0.15) is 162 Å². The molecular weight excluding hydrogens is 766 g/mol. The summed E-state index contributed by atoms with van der Waals surface area (Å²) in [7, 11) is 1.08. The quantitative estimate of drug-likeness (QED) is 0.0160. The van der Waals surface area contributed by atoms with Gasteiger partial charge in [0.05, 0.1) is 33.9 Å². The minimum atomic E-state index is -4.66. The number of quaternary nitrogens is 1. The van der Waals surface area contributed by atoms with Crippen molar-refractivity contribution >= 4 is 19.8 Å². The average Bonchev–Trinajstić information content (AvgIpc) is 3.18. The maximum atomic E-state index is 12.7. The van der Waals surface area contributed by atoms with Crippen LogP contribution in [0.2, 0.25) is 0 Å². The topological polar surface area (TPSA) is 131 Å². The highest BCUT2D eigenvalue weighted by molar-refractivity contribution is 7.45. The molecule has 0 spiro atoms. The van der Waals surface area contributed by atoms with Crippen molar-refractivity contribution in [2.75, 3.05) is 47.5 Å². The molecule has 0 bridgehead atoms. The molecule has 0 saturated carbocycles. The first kappa shape index (κ1) is 56.4. The van der Waals surface area contributed by atoms with E-state index in [4.69, 9.17) is 18.5 Å². The third-order valence-electron chi connectivity index (χ3n) is 9.29. The lowest BCUT2D eigenvalue weighted by Crippen LogP contribution is -2.37. The first-order chi connectivity index (χ1) is 28.4. The van der Waals surface area contributed by atoms with E-state index < -0.39 is 38.6 Å². The summed E-state index contributed by atoms with van der Waals surface area (Å²) in [6.07, 6.45) is 45.4. The van der Waals surface area contributed by atoms with Crippen molar-refractivity contribution in [3.63, 3.8) is 0 Å². The Bertz CT molecular complexity index is 1250. The maximum Gasteiger partial charge on any atom is 0.306 e. The molecule has 1 N–H and O–H groups in total. The van der Waals surface area contributed by atoms with Gasteiger partial charge in [0.2, 0.25) is 0 Å². The number of aliphatic hydroxyl groups excluding tert-OH is 1. The summed E-state index contributed by atoms with van der Waals surface area (Å²) in [5.41, 5.74) is 0. The van der Waals surface area contributed by atoms with Crippen molar-refractivity contribution in [2.24, 2.45) is 0 Å². The lowest BCUT2D eigenvalue weighted by Gasteiger charge is -2.28. The second-order valence-electron chi connectivity index (χ2n) is 16.2. The Kier molecular flexibility index (Phi) is 37.8. The smallest absolute Gasteiger partial charge is 0.306 e. The second kappa shape index (κ2) is 39.5. The zero-order valence-corrected chi connectivity index (χ0v) is 38.7. The van der Waals surface area contributed by atoms with Crippen molar-refractivity contribution in [3.8, 4) is 0 Å². The van der Waals surface area contributed by atoms with Gasteiger partial charge in [-0.3, -0.25) is 14.2 Å². The van der Waals surface area contributed by atoms with Crippen LogP contribution in [0.25, 0.3) is 0 Å². The molecule has 0 radical (unpaired) electrons. The number of unbranched alkanes of at least 4 members (excludes halogenated alkanes) is 14. The molecule has 0 aromatic heterocycles. The van der Waals surface area contributed by atoms with Crippen molar-refractivity contribution < 1.29 is 47.2 Å². The summed E-state index contributed by atoms with van der Waals surface area (Å²) in [6, 6.07) is 0. The number of allylic oxidation sites excluding steroid dienone is 10. The summed E-state index contributed by atoms with van der Waals surface area (Å²) in [5, 5.41) is 10.0. The van der Waals surface area contributed by atoms with Crippen LogP contribution in [-0.4, -0.2) is 81.2 Å². The number of phosphoric acid groups is 1. The summed E-state index contributed by atoms with van der Waals surface area (Å²) >= 11 is 0. The van der Waals surface area contributed by atoms with Gasteiger partial charge in [-0.05, 0) is 70.6 Å². The highest BCUT2D eigenvalue weighted by Gasteiger charge is 2.21. The third-order valence-corrected chi connectivity index (χ3v) is 10.3. The van der Waals surface area contributed by atoms with Crippen molar-refractivity contribution in [2.45, 2.75) is 174 Å². The van der Waals surface area contributed by atoms with Gasteiger partial charge in [0.1, 0.15) is 19.8 Å². The monoisotopic (exact) mass is 850 g/mol. The lowest BCUT2D eigenvalue weighted by molar-refractivity contribution is -0.870. The molecule has 340 valence electrons. The molecule has 11 heteroatoms. The Hall–Kier alpha value is -2.59. The van der Waals surface area contributed by atoms with Crippen LogP contribution in [0, 0.1) is 0 Å². The van der Waals surface area contributed by atoms with Gasteiger partial charge in [0.25, 0.3) is 7.82 Å². The van der Waals surface area contributed by atoms with E-state index in [9.17, 15) is 24.2 Å². The molecule has 0 saturated heterocycles. The van der Waals surface area contributed by atoms with Crippen molar-refractivity contribution in [1.29, 1.82) is 0 Å². The number of phosphoric ester groups is 1. The molecule has 59 heavy (non-hydrogen) atoms. The van der Waals surface area contributed by atoms with Gasteiger partial charge in [-0.15, -0.1) is 0 Å². The van der Waals surface area contributed by atoms with E-state index in [-0.39, 0.29) is 26.1 Å². The van der Waals surface area contributed by atoms with Gasteiger partial charge in [0, 0.05) is 12.8 Å². The molecule has 10 nitrogen and oxygen atoms in total. The molecule has 0 fully saturated rings. The number of aliphatic hydroxyl groups is 1. The van der Waals surface area contributed by atoms with Gasteiger partial charge in [0.15, 0.2) is 6.10 Å². The largest absolute Gasteiger partial charge is 0.756 e. The average molecular weight is 850 g/mol. The number of hydrogen-bond acceptors (Lipinski definition) is 9. The normalized spacial score (nSPS) is 14.8. The number of hydrogen-bond donors (Lipinski definition) is 1. The highest BCUT2D eigenvalue weighted by Crippen LogP contribution is 2.38. The van der Waals surface area contributed by atoms with E-state index in [1.807, 2.05) is 57.6 Å². The van der Waals surface area contributed by atoms with Gasteiger partial charge >= 0.3 is 11.9 Å². The minimum absolute atomic E-state index is 0.0566. The molecule has 3 atom stereocenters. The number of carbonyl (C=O) groups is 2. The maximum absolute atomic E-state index is 12.7. The van der Waals surface area contributed by atoms with E-state index in [1.165, 1.54) is 64.2 Å². The zero-order valence-electron chi connectivity index (χ0n) is 37.8. The van der Waals surface area contributed by atoms with Crippen LogP contribution in [0.15, 0.2) is 72.9 Å². The molecule has 0 aromatic carbocycles. The van der Waals surface area contributed by atoms with Crippen LogP contribution in [-0.2, 0) is 32.7 Å². The lowest BCUT2D eigenvalue weighted by atomic mass is 10.1. The Morgan fingerprint density at radius 3 is 1.86 bits per heavy atom. The molecule has 2 unspecified atom stereocenters. The van der Waals surface area contributed by atoms with Crippen molar-refractivity contribution in [1.82, 2.24) is 0 Å². The molecule has 0 rings (SSSR count). The Morgan fingerprint density at radius 2 is 1.20 bits per heavy atom. The Morgan fingerprint density at radius 1 is 0.644 bits per heavy atom. The Labute approximate surface area is 360 Å². The van der Waals surface area contributed by atoms with E-state index >= 15 is 0 Å². The van der Waals surface area contributed by atoms with E-state index in [0.717, 1.165) is 38.5 Å². The van der Waals surface area contributed by atoms with E-state index in [0.29, 0.717) is 43.1 Å². The van der Waals surface area contributed by atoms with Crippen LogP contribution in [0.3, 0.4) is 0 Å². The van der Waals surface area contributed by atoms with Crippen LogP contribution < -0.4 is 4.89 Å². The number of likely N-dealkylation sites (N-methyl/N-ethyl adjacent to an activating group) is 1. The van der Waals surface area contributed by atoms with Crippen molar-refractivity contribution in [3.05, 3.63) is 72.9 Å². The fourth-order valence-electron chi connectivity index (χ4n) is 5.71. The molecule has 0 aliphatic carbocycles. The Balaban J connectivity index is 4.51. The van der Waals surface area contributed by atoms with Crippen LogP contribution in [0.4, 0.5) is 0 Å². The molecule has 0 aliphatic heterocycles. The number of nitrogens with zero attached hydrogens (tertiary/aromatic N) is 1. The minimum Gasteiger partial charge on any atom is -0.756 e. The van der Waals surface area contributed by atoms with Gasteiger partial charge in [-0.1, -0.05) is 151 Å². The fourth-order valence-corrected chi connectivity index (χ4v) is 6.44. The van der Waals surface area contributed by atoms with E-state index in [2.05, 4.69) is 44.2 Å². The van der Waals surface area contributed by atoms with Gasteiger partial charge < -0.3 is 33.0 Å². The number of ether oxygens (including phenoxy) is 2. The molecule has 0 heterocycles. The number of esters is 2. The number of carbonyl (C=O) groups excluding carboxylic acids is 2. The molecule has 0 amide bonds. The highest BCUT2D eigenvalue weighted by atomic mass is 31.2. The second-order valence-corrected chi connectivity index (χ2v) is 17.6. The SMILES string of the molecule is CC/C=C\C/C=C\CC(O)/C=C/C=C\C/C=C\CCCC(=O)O[C@H](COC(=O)CCCCCCCCC/C=C\CCCCCCCC)COP(=O)([O-])OCC[N+](C)(C)C. The zero-order chi connectivity index (χ0) is 43.7. The van der Waals surface area contributed by atoms with Gasteiger partial charge in [-0.25, -0.2) is 0 Å². The number of rotatable bonds is 40. The molecule has 0 aromatic rings. The fraction of sp³-hybridized carbons (Fsp3) is 0.708. The summed E-state index contributed by atoms with van der Waals surface area (Å²) in [4.78, 5) is 37.6. The van der Waals surface area contributed by atoms with Gasteiger partial charge in [-0.2, -0.15) is 0 Å². The van der Waals surface area contributed by atoms with Crippen LogP contribution >= 0.6 is 7.82 Å². The predicted octanol–water partition coefficient (Wildman–Crippen LogP) is 11.4.